The van der Waals surface area contributed by atoms with Crippen LogP contribution in [0.15, 0.2) is 243 Å². The first-order valence-corrected chi connectivity index (χ1v) is 21.9. The van der Waals surface area contributed by atoms with Crippen LogP contribution in [0, 0.1) is 0 Å². The minimum Gasteiger partial charge on any atom is -0.309 e. The van der Waals surface area contributed by atoms with Crippen LogP contribution in [0.1, 0.15) is 0 Å². The van der Waals surface area contributed by atoms with E-state index in [4.69, 9.17) is 0 Å². The summed E-state index contributed by atoms with van der Waals surface area (Å²) in [6, 6.07) is 88.2. The number of anilines is 6. The fourth-order valence-corrected chi connectivity index (χ4v) is 10.3. The van der Waals surface area contributed by atoms with E-state index in [2.05, 4.69) is 262 Å². The molecule has 0 spiro atoms. The van der Waals surface area contributed by atoms with Gasteiger partial charge in [-0.25, -0.2) is 0 Å². The molecule has 0 unspecified atom stereocenters. The number of benzene rings is 10. The molecule has 13 rings (SSSR count). The Labute approximate surface area is 371 Å². The van der Waals surface area contributed by atoms with Crippen LogP contribution in [-0.4, -0.2) is 9.13 Å². The van der Waals surface area contributed by atoms with Crippen LogP contribution in [0.2, 0.25) is 0 Å². The van der Waals surface area contributed by atoms with Gasteiger partial charge in [0, 0.05) is 44.3 Å². The highest BCUT2D eigenvalue weighted by Crippen LogP contribution is 2.60. The molecule has 0 fully saturated rings. The zero-order valence-corrected chi connectivity index (χ0v) is 34.9. The smallest absolute Gasteiger partial charge is 0.0804 e. The molecule has 0 saturated carbocycles. The molecule has 0 amide bonds. The molecule has 0 bridgehead atoms. The van der Waals surface area contributed by atoms with E-state index >= 15 is 0 Å². The van der Waals surface area contributed by atoms with Crippen molar-refractivity contribution in [2.24, 2.45) is 0 Å². The van der Waals surface area contributed by atoms with Crippen LogP contribution < -0.4 is 9.80 Å². The molecule has 12 aromatic rings. The van der Waals surface area contributed by atoms with E-state index in [1.54, 1.807) is 0 Å². The maximum atomic E-state index is 2.52. The van der Waals surface area contributed by atoms with Gasteiger partial charge in [-0.3, -0.25) is 0 Å². The number of para-hydroxylation sites is 4. The fourth-order valence-electron chi connectivity index (χ4n) is 10.3. The van der Waals surface area contributed by atoms with Gasteiger partial charge in [0.05, 0.1) is 44.8 Å². The molecular formula is C60H40N4. The quantitative estimate of drug-likeness (QED) is 0.166. The molecule has 2 aromatic heterocycles. The van der Waals surface area contributed by atoms with Crippen molar-refractivity contribution in [1.29, 1.82) is 0 Å². The van der Waals surface area contributed by atoms with Crippen molar-refractivity contribution in [3.63, 3.8) is 0 Å². The lowest BCUT2D eigenvalue weighted by Gasteiger charge is -2.41. The Kier molecular flexibility index (Phi) is 8.18. The number of fused-ring (bicyclic) bond motifs is 10. The van der Waals surface area contributed by atoms with Gasteiger partial charge >= 0.3 is 0 Å². The summed E-state index contributed by atoms with van der Waals surface area (Å²) in [5, 5.41) is 4.81. The van der Waals surface area contributed by atoms with Crippen molar-refractivity contribution in [1.82, 2.24) is 9.13 Å². The summed E-state index contributed by atoms with van der Waals surface area (Å²) < 4.78 is 4.90. The molecule has 4 nitrogen and oxygen atoms in total. The van der Waals surface area contributed by atoms with Crippen LogP contribution in [-0.2, 0) is 0 Å². The Morgan fingerprint density at radius 3 is 1.00 bits per heavy atom. The van der Waals surface area contributed by atoms with E-state index in [1.807, 2.05) is 0 Å². The Balaban J connectivity index is 1.13. The molecule has 1 aliphatic rings. The second-order valence-corrected chi connectivity index (χ2v) is 16.5. The molecule has 300 valence electrons. The summed E-state index contributed by atoms with van der Waals surface area (Å²) >= 11 is 0. The topological polar surface area (TPSA) is 16.3 Å². The van der Waals surface area contributed by atoms with E-state index in [-0.39, 0.29) is 0 Å². The molecular weight excluding hydrogens is 777 g/mol. The van der Waals surface area contributed by atoms with E-state index in [1.165, 1.54) is 43.8 Å². The van der Waals surface area contributed by atoms with Crippen molar-refractivity contribution in [2.75, 3.05) is 9.80 Å². The minimum absolute atomic E-state index is 1.10. The largest absolute Gasteiger partial charge is 0.309 e. The third-order valence-electron chi connectivity index (χ3n) is 13.0. The van der Waals surface area contributed by atoms with E-state index in [0.717, 1.165) is 67.6 Å². The van der Waals surface area contributed by atoms with Crippen LogP contribution in [0.3, 0.4) is 0 Å². The molecule has 3 heterocycles. The predicted molar refractivity (Wildman–Crippen MR) is 269 cm³/mol. The van der Waals surface area contributed by atoms with Crippen molar-refractivity contribution in [3.8, 4) is 33.6 Å². The first kappa shape index (κ1) is 36.1. The van der Waals surface area contributed by atoms with Gasteiger partial charge in [0.1, 0.15) is 0 Å². The molecule has 64 heavy (non-hydrogen) atoms. The van der Waals surface area contributed by atoms with Crippen molar-refractivity contribution in [3.05, 3.63) is 243 Å². The predicted octanol–water partition coefficient (Wildman–Crippen LogP) is 16.5. The molecule has 0 atom stereocenters. The fraction of sp³-hybridized carbons (Fsp3) is 0. The van der Waals surface area contributed by atoms with E-state index in [9.17, 15) is 0 Å². The van der Waals surface area contributed by atoms with E-state index in [0.29, 0.717) is 0 Å². The lowest BCUT2D eigenvalue weighted by molar-refractivity contribution is 1.16. The lowest BCUT2D eigenvalue weighted by atomic mass is 9.98. The number of nitrogens with zero attached hydrogens (tertiary/aromatic N) is 4. The van der Waals surface area contributed by atoms with Gasteiger partial charge in [0.2, 0.25) is 0 Å². The molecule has 0 aliphatic carbocycles. The van der Waals surface area contributed by atoms with E-state index < -0.39 is 0 Å². The summed E-state index contributed by atoms with van der Waals surface area (Å²) in [6.07, 6.45) is 0. The Bertz CT molecular complexity index is 3470. The van der Waals surface area contributed by atoms with Crippen molar-refractivity contribution >= 4 is 77.7 Å². The Morgan fingerprint density at radius 1 is 0.234 bits per heavy atom. The zero-order chi connectivity index (χ0) is 42.1. The monoisotopic (exact) mass is 816 g/mol. The second-order valence-electron chi connectivity index (χ2n) is 16.5. The summed E-state index contributed by atoms with van der Waals surface area (Å²) in [7, 11) is 0. The number of hydrogen-bond acceptors (Lipinski definition) is 2. The second kappa shape index (κ2) is 14.5. The van der Waals surface area contributed by atoms with Gasteiger partial charge in [-0.1, -0.05) is 158 Å². The first-order valence-electron chi connectivity index (χ1n) is 21.9. The van der Waals surface area contributed by atoms with Crippen LogP contribution >= 0.6 is 0 Å². The van der Waals surface area contributed by atoms with Crippen LogP contribution in [0.5, 0.6) is 0 Å². The average molecular weight is 817 g/mol. The van der Waals surface area contributed by atoms with Gasteiger partial charge in [0.15, 0.2) is 0 Å². The summed E-state index contributed by atoms with van der Waals surface area (Å²) in [4.78, 5) is 5.04. The maximum absolute atomic E-state index is 2.52. The Hall–Kier alpha value is -8.60. The summed E-state index contributed by atoms with van der Waals surface area (Å²) in [6.45, 7) is 0. The molecule has 10 aromatic carbocycles. The van der Waals surface area contributed by atoms with Crippen LogP contribution in [0.25, 0.3) is 77.2 Å². The molecule has 0 radical (unpaired) electrons. The highest BCUT2D eigenvalue weighted by molar-refractivity contribution is 6.26. The molecule has 4 heteroatoms. The zero-order valence-electron chi connectivity index (χ0n) is 34.9. The first-order chi connectivity index (χ1) is 31.8. The van der Waals surface area contributed by atoms with Gasteiger partial charge < -0.3 is 18.9 Å². The summed E-state index contributed by atoms with van der Waals surface area (Å²) in [5.74, 6) is 0. The number of aromatic nitrogens is 2. The van der Waals surface area contributed by atoms with Gasteiger partial charge in [-0.15, -0.1) is 0 Å². The van der Waals surface area contributed by atoms with Gasteiger partial charge in [0.25, 0.3) is 0 Å². The third-order valence-corrected chi connectivity index (χ3v) is 13.0. The van der Waals surface area contributed by atoms with Gasteiger partial charge in [-0.05, 0) is 107 Å². The molecule has 0 N–H and O–H groups in total. The maximum Gasteiger partial charge on any atom is 0.0804 e. The normalized spacial score (nSPS) is 12.3. The summed E-state index contributed by atoms with van der Waals surface area (Å²) in [5.41, 5.74) is 18.4. The number of rotatable bonds is 6. The van der Waals surface area contributed by atoms with Crippen molar-refractivity contribution < 1.29 is 0 Å². The highest BCUT2D eigenvalue weighted by atomic mass is 15.3. The molecule has 0 saturated heterocycles. The molecule has 1 aliphatic heterocycles. The Morgan fingerprint density at radius 2 is 0.578 bits per heavy atom. The van der Waals surface area contributed by atoms with Gasteiger partial charge in [-0.2, -0.15) is 0 Å². The van der Waals surface area contributed by atoms with Crippen molar-refractivity contribution in [2.45, 2.75) is 0 Å². The minimum atomic E-state index is 1.10. The third kappa shape index (κ3) is 5.49. The number of hydrogen-bond donors (Lipinski definition) is 0. The van der Waals surface area contributed by atoms with Crippen LogP contribution in [0.4, 0.5) is 34.1 Å². The highest BCUT2D eigenvalue weighted by Gasteiger charge is 2.36. The SMILES string of the molecule is c1ccc(-c2cccc(-n3c4ccccc4c4c5c(ccc43)N(c3ccccc3)c3c(ccc4c3c3ccccc3n4-c3cccc(-c4ccccc4)c3)N5c3ccccc3)c2)cc1. The average Bonchev–Trinajstić information content (AvgIpc) is 3.90. The lowest BCUT2D eigenvalue weighted by Crippen LogP contribution is -2.24. The standard InChI is InChI=1S/C60H40N4/c1-5-19-41(20-6-1)43-23-17-29-47(39-43)61-51-33-15-13-31-49(51)57-53(61)35-37-55-59(57)63(45-25-9-3-10-26-45)56-38-36-54-58(60(56)64(55)46-27-11-4-12-28-46)50-32-14-16-34-52(50)62(54)48-30-18-24-44(40-48)42-21-7-2-8-22-42/h1-40H.